The van der Waals surface area contributed by atoms with E-state index in [1.54, 1.807) is 11.3 Å². The Morgan fingerprint density at radius 2 is 2.20 bits per heavy atom. The molecule has 6 heteroatoms. The minimum Gasteiger partial charge on any atom is -0.337 e. The maximum atomic E-state index is 12.2. The van der Waals surface area contributed by atoms with Crippen LogP contribution in [0.4, 0.5) is 4.79 Å². The second-order valence-electron chi connectivity index (χ2n) is 6.86. The average molecular weight is 362 g/mol. The van der Waals surface area contributed by atoms with Crippen LogP contribution in [0.2, 0.25) is 0 Å². The van der Waals surface area contributed by atoms with Crippen LogP contribution in [0.15, 0.2) is 23.1 Å². The van der Waals surface area contributed by atoms with Crippen LogP contribution in [0, 0.1) is 0 Å². The molecule has 2 heterocycles. The van der Waals surface area contributed by atoms with Gasteiger partial charge in [-0.1, -0.05) is 11.6 Å². The number of hydrogen-bond donors (Lipinski definition) is 2. The van der Waals surface area contributed by atoms with Gasteiger partial charge in [-0.25, -0.2) is 4.79 Å². The molecule has 0 radical (unpaired) electrons. The number of nitrogens with one attached hydrogen (secondary N) is 2. The van der Waals surface area contributed by atoms with Crippen molar-refractivity contribution in [2.45, 2.75) is 51.5 Å². The Morgan fingerprint density at radius 1 is 1.32 bits per heavy atom. The molecule has 0 saturated carbocycles. The first kappa shape index (κ1) is 18.1. The smallest absolute Gasteiger partial charge is 0.321 e. The molecule has 0 bridgehead atoms. The molecule has 25 heavy (non-hydrogen) atoms. The number of carbonyl (C=O) groups excluding carboxylic acids is 2. The minimum atomic E-state index is -0.387. The summed E-state index contributed by atoms with van der Waals surface area (Å²) >= 11 is 1.79. The summed E-state index contributed by atoms with van der Waals surface area (Å²) in [6.07, 6.45) is 8.95. The summed E-state index contributed by atoms with van der Waals surface area (Å²) in [7, 11) is 0. The summed E-state index contributed by atoms with van der Waals surface area (Å²) in [5, 5.41) is 7.36. The molecular weight excluding hydrogens is 334 g/mol. The molecule has 0 spiro atoms. The Labute approximate surface area is 153 Å². The minimum absolute atomic E-state index is 0.224. The molecular formula is C19H27N3O2S. The lowest BCUT2D eigenvalue weighted by Crippen LogP contribution is -2.46. The molecule has 136 valence electrons. The van der Waals surface area contributed by atoms with Crippen molar-refractivity contribution in [3.8, 4) is 0 Å². The first-order valence-corrected chi connectivity index (χ1v) is 10.1. The average Bonchev–Trinajstić information content (AvgIpc) is 3.08. The molecule has 2 N–H and O–H groups in total. The van der Waals surface area contributed by atoms with E-state index in [2.05, 4.69) is 40.0 Å². The summed E-state index contributed by atoms with van der Waals surface area (Å²) in [6.45, 7) is 3.83. The number of allylic oxidation sites excluding steroid dienone is 1. The molecule has 1 aliphatic heterocycles. The van der Waals surface area contributed by atoms with E-state index in [0.29, 0.717) is 6.54 Å². The predicted molar refractivity (Wildman–Crippen MR) is 101 cm³/mol. The van der Waals surface area contributed by atoms with E-state index < -0.39 is 0 Å². The third kappa shape index (κ3) is 4.92. The van der Waals surface area contributed by atoms with Gasteiger partial charge in [-0.2, -0.15) is 0 Å². The molecule has 0 fully saturated rings. The van der Waals surface area contributed by atoms with Gasteiger partial charge in [0.15, 0.2) is 0 Å². The molecule has 3 rings (SSSR count). The summed E-state index contributed by atoms with van der Waals surface area (Å²) < 4.78 is 0. The highest BCUT2D eigenvalue weighted by molar-refractivity contribution is 7.10. The third-order valence-corrected chi connectivity index (χ3v) is 6.12. The van der Waals surface area contributed by atoms with Gasteiger partial charge < -0.3 is 5.32 Å². The highest BCUT2D eigenvalue weighted by atomic mass is 32.1. The fraction of sp³-hybridized carbons (Fsp3) is 0.579. The zero-order chi connectivity index (χ0) is 17.6. The van der Waals surface area contributed by atoms with Gasteiger partial charge in [0.2, 0.25) is 5.91 Å². The molecule has 1 atom stereocenters. The van der Waals surface area contributed by atoms with Crippen molar-refractivity contribution in [2.75, 3.05) is 19.6 Å². The van der Waals surface area contributed by atoms with Crippen molar-refractivity contribution in [3.63, 3.8) is 0 Å². The van der Waals surface area contributed by atoms with Crippen molar-refractivity contribution >= 4 is 23.3 Å². The van der Waals surface area contributed by atoms with Crippen LogP contribution in [0.1, 0.15) is 55.5 Å². The molecule has 5 nitrogen and oxygen atoms in total. The van der Waals surface area contributed by atoms with Crippen LogP contribution in [-0.4, -0.2) is 36.5 Å². The van der Waals surface area contributed by atoms with Crippen molar-refractivity contribution in [1.82, 2.24) is 15.5 Å². The molecule has 0 saturated heterocycles. The van der Waals surface area contributed by atoms with Crippen LogP contribution in [-0.2, 0) is 11.2 Å². The monoisotopic (exact) mass is 361 g/mol. The first-order valence-electron chi connectivity index (χ1n) is 9.19. The fourth-order valence-electron chi connectivity index (χ4n) is 3.64. The molecule has 1 aromatic heterocycles. The number of imide groups is 1. The van der Waals surface area contributed by atoms with Crippen LogP contribution < -0.4 is 10.6 Å². The topological polar surface area (TPSA) is 61.4 Å². The quantitative estimate of drug-likeness (QED) is 0.791. The number of carbonyl (C=O) groups is 2. The Hall–Kier alpha value is -1.66. The lowest BCUT2D eigenvalue weighted by molar-refractivity contribution is -0.121. The molecule has 3 amide bonds. The van der Waals surface area contributed by atoms with Gasteiger partial charge in [-0.05, 0) is 62.5 Å². The summed E-state index contributed by atoms with van der Waals surface area (Å²) in [6, 6.07) is 1.98. The van der Waals surface area contributed by atoms with Gasteiger partial charge in [0.05, 0.1) is 6.54 Å². The third-order valence-electron chi connectivity index (χ3n) is 5.12. The van der Waals surface area contributed by atoms with Crippen molar-refractivity contribution in [2.24, 2.45) is 0 Å². The lowest BCUT2D eigenvalue weighted by atomic mass is 9.97. The van der Waals surface area contributed by atoms with Crippen LogP contribution in [0.3, 0.4) is 0 Å². The van der Waals surface area contributed by atoms with E-state index >= 15 is 0 Å². The van der Waals surface area contributed by atoms with E-state index in [-0.39, 0.29) is 24.5 Å². The number of rotatable bonds is 5. The zero-order valence-electron chi connectivity index (χ0n) is 14.8. The highest BCUT2D eigenvalue weighted by Crippen LogP contribution is 2.32. The lowest BCUT2D eigenvalue weighted by Gasteiger charge is -2.32. The van der Waals surface area contributed by atoms with E-state index in [4.69, 9.17) is 0 Å². The first-order chi connectivity index (χ1) is 12.1. The molecule has 0 unspecified atom stereocenters. The number of urea groups is 1. The van der Waals surface area contributed by atoms with Gasteiger partial charge >= 0.3 is 6.03 Å². The molecule has 2 aliphatic rings. The van der Waals surface area contributed by atoms with E-state index in [1.165, 1.54) is 28.9 Å². The van der Waals surface area contributed by atoms with Crippen molar-refractivity contribution in [3.05, 3.63) is 33.5 Å². The van der Waals surface area contributed by atoms with E-state index in [1.807, 2.05) is 0 Å². The maximum Gasteiger partial charge on any atom is 0.321 e. The maximum absolute atomic E-state index is 12.2. The second-order valence-corrected chi connectivity index (χ2v) is 7.86. The van der Waals surface area contributed by atoms with Gasteiger partial charge in [0.1, 0.15) is 0 Å². The molecule has 1 aliphatic carbocycles. The predicted octanol–water partition coefficient (Wildman–Crippen LogP) is 3.38. The molecule has 1 aromatic rings. The van der Waals surface area contributed by atoms with Crippen LogP contribution in [0.5, 0.6) is 0 Å². The van der Waals surface area contributed by atoms with Crippen LogP contribution in [0.25, 0.3) is 0 Å². The Balaban J connectivity index is 1.38. The largest absolute Gasteiger partial charge is 0.337 e. The Bertz CT molecular complexity index is 653. The summed E-state index contributed by atoms with van der Waals surface area (Å²) in [5.41, 5.74) is 2.74. The SMILES string of the molecule is C[C@@H]1c2ccsc2CCN1CC(=O)NC(=O)NCCC1=CCCCC1. The summed E-state index contributed by atoms with van der Waals surface area (Å²) in [5.74, 6) is -0.236. The Kier molecular flexibility index (Phi) is 6.26. The molecule has 0 aromatic carbocycles. The van der Waals surface area contributed by atoms with E-state index in [0.717, 1.165) is 32.2 Å². The highest BCUT2D eigenvalue weighted by Gasteiger charge is 2.26. The normalized spacial score (nSPS) is 20.5. The van der Waals surface area contributed by atoms with Gasteiger partial charge in [0, 0.05) is 24.0 Å². The van der Waals surface area contributed by atoms with Crippen molar-refractivity contribution < 1.29 is 9.59 Å². The zero-order valence-corrected chi connectivity index (χ0v) is 15.7. The van der Waals surface area contributed by atoms with Gasteiger partial charge in [0.25, 0.3) is 0 Å². The standard InChI is InChI=1S/C19H27N3O2S/c1-14-16-9-12-25-17(16)8-11-22(14)13-18(23)21-19(24)20-10-7-15-5-3-2-4-6-15/h5,9,12,14H,2-4,6-8,10-11,13H2,1H3,(H2,20,21,23,24)/t14-/m1/s1. The van der Waals surface area contributed by atoms with Crippen LogP contribution >= 0.6 is 11.3 Å². The van der Waals surface area contributed by atoms with Gasteiger partial charge in [-0.3, -0.25) is 15.0 Å². The number of hydrogen-bond acceptors (Lipinski definition) is 4. The second kappa shape index (κ2) is 8.63. The van der Waals surface area contributed by atoms with Crippen molar-refractivity contribution in [1.29, 1.82) is 0 Å². The summed E-state index contributed by atoms with van der Waals surface area (Å²) in [4.78, 5) is 27.6. The fourth-order valence-corrected chi connectivity index (χ4v) is 4.60. The number of fused-ring (bicyclic) bond motifs is 1. The van der Waals surface area contributed by atoms with E-state index in [9.17, 15) is 9.59 Å². The Morgan fingerprint density at radius 3 is 3.00 bits per heavy atom. The number of amides is 3. The number of nitrogens with zero attached hydrogens (tertiary/aromatic N) is 1. The number of thiophene rings is 1. The van der Waals surface area contributed by atoms with Gasteiger partial charge in [-0.15, -0.1) is 11.3 Å².